The number of hydrogen-bond donors (Lipinski definition) is 1. The van der Waals surface area contributed by atoms with Crippen LogP contribution in [0.2, 0.25) is 0 Å². The minimum absolute atomic E-state index is 0.0702. The van der Waals surface area contributed by atoms with Crippen LogP contribution in [-0.2, 0) is 4.79 Å². The van der Waals surface area contributed by atoms with E-state index in [0.29, 0.717) is 5.56 Å². The van der Waals surface area contributed by atoms with E-state index in [-0.39, 0.29) is 11.3 Å². The number of carbonyl (C=O) groups excluding carboxylic acids is 1. The maximum Gasteiger partial charge on any atom is 0.387 e. The molecule has 1 atom stereocenters. The second-order valence-electron chi connectivity index (χ2n) is 5.15. The molecule has 0 fully saturated rings. The third-order valence-electron chi connectivity index (χ3n) is 3.34. The largest absolute Gasteiger partial charge is 0.434 e. The van der Waals surface area contributed by atoms with Gasteiger partial charge in [0.25, 0.3) is 0 Å². The topological polar surface area (TPSA) is 38.3 Å². The molecule has 0 heterocycles. The second kappa shape index (κ2) is 8.32. The van der Waals surface area contributed by atoms with Gasteiger partial charge < -0.3 is 10.1 Å². The Morgan fingerprint density at radius 1 is 1.16 bits per heavy atom. The molecule has 0 saturated heterocycles. The van der Waals surface area contributed by atoms with Crippen molar-refractivity contribution in [3.63, 3.8) is 0 Å². The molecule has 0 aliphatic heterocycles. The first-order valence-corrected chi connectivity index (χ1v) is 7.34. The van der Waals surface area contributed by atoms with Crippen molar-refractivity contribution in [2.45, 2.75) is 19.6 Å². The van der Waals surface area contributed by atoms with Crippen molar-refractivity contribution >= 4 is 12.0 Å². The summed E-state index contributed by atoms with van der Waals surface area (Å²) < 4.78 is 55.6. The fraction of sp³-hybridized carbons (Fsp3) is 0.167. The van der Waals surface area contributed by atoms with Crippen LogP contribution < -0.4 is 10.1 Å². The molecule has 3 nitrogen and oxygen atoms in total. The Hall–Kier alpha value is -2.83. The Morgan fingerprint density at radius 2 is 1.88 bits per heavy atom. The molecule has 2 aromatic carbocycles. The number of carbonyl (C=O) groups is 1. The zero-order valence-electron chi connectivity index (χ0n) is 13.2. The van der Waals surface area contributed by atoms with Crippen molar-refractivity contribution in [1.29, 1.82) is 0 Å². The maximum atomic E-state index is 13.7. The zero-order valence-corrected chi connectivity index (χ0v) is 13.2. The molecule has 0 spiro atoms. The first-order chi connectivity index (χ1) is 11.9. The van der Waals surface area contributed by atoms with Crippen molar-refractivity contribution in [2.24, 2.45) is 0 Å². The van der Waals surface area contributed by atoms with Crippen molar-refractivity contribution < 1.29 is 27.1 Å². The Balaban J connectivity index is 2.06. The van der Waals surface area contributed by atoms with Gasteiger partial charge in [0, 0.05) is 23.3 Å². The standard InChI is InChI=1S/C18H15F4NO2/c1-11(14-8-7-13(19)10-15(14)20)23-17(24)9-6-12-4-2-3-5-16(12)25-18(21)22/h2-11,18H,1H3,(H,23,24)/b9-6+. The van der Waals surface area contributed by atoms with Crippen LogP contribution in [0, 0.1) is 11.6 Å². The van der Waals surface area contributed by atoms with E-state index >= 15 is 0 Å². The van der Waals surface area contributed by atoms with Gasteiger partial charge in [-0.25, -0.2) is 8.78 Å². The maximum absolute atomic E-state index is 13.7. The van der Waals surface area contributed by atoms with Crippen molar-refractivity contribution in [1.82, 2.24) is 5.32 Å². The number of rotatable bonds is 6. The van der Waals surface area contributed by atoms with Crippen LogP contribution in [0.25, 0.3) is 6.08 Å². The predicted octanol–water partition coefficient (Wildman–Crippen LogP) is 4.46. The van der Waals surface area contributed by atoms with Gasteiger partial charge in [0.05, 0.1) is 6.04 Å². The molecule has 0 aliphatic carbocycles. The summed E-state index contributed by atoms with van der Waals surface area (Å²) in [6.07, 6.45) is 2.42. The van der Waals surface area contributed by atoms with Crippen LogP contribution in [0.3, 0.4) is 0 Å². The first kappa shape index (κ1) is 18.5. The van der Waals surface area contributed by atoms with Gasteiger partial charge in [-0.2, -0.15) is 8.78 Å². The number of nitrogens with one attached hydrogen (secondary N) is 1. The van der Waals surface area contributed by atoms with E-state index in [4.69, 9.17) is 0 Å². The van der Waals surface area contributed by atoms with Crippen LogP contribution in [0.15, 0.2) is 48.5 Å². The Kier molecular flexibility index (Phi) is 6.16. The highest BCUT2D eigenvalue weighted by Gasteiger charge is 2.13. The van der Waals surface area contributed by atoms with E-state index in [1.165, 1.54) is 37.3 Å². The zero-order chi connectivity index (χ0) is 18.4. The van der Waals surface area contributed by atoms with Gasteiger partial charge >= 0.3 is 6.61 Å². The number of benzene rings is 2. The molecule has 0 aliphatic rings. The smallest absolute Gasteiger partial charge is 0.387 e. The van der Waals surface area contributed by atoms with Crippen LogP contribution >= 0.6 is 0 Å². The van der Waals surface area contributed by atoms with Gasteiger partial charge in [-0.15, -0.1) is 0 Å². The van der Waals surface area contributed by atoms with Gasteiger partial charge in [0.1, 0.15) is 17.4 Å². The molecular formula is C18H15F4NO2. The molecule has 2 rings (SSSR count). The van der Waals surface area contributed by atoms with Crippen LogP contribution in [0.4, 0.5) is 17.6 Å². The molecule has 1 N–H and O–H groups in total. The number of halogens is 4. The lowest BCUT2D eigenvalue weighted by molar-refractivity contribution is -0.117. The fourth-order valence-corrected chi connectivity index (χ4v) is 2.18. The third-order valence-corrected chi connectivity index (χ3v) is 3.34. The molecule has 1 unspecified atom stereocenters. The quantitative estimate of drug-likeness (QED) is 0.615. The lowest BCUT2D eigenvalue weighted by atomic mass is 10.1. The highest BCUT2D eigenvalue weighted by atomic mass is 19.3. The minimum atomic E-state index is -2.98. The van der Waals surface area contributed by atoms with Gasteiger partial charge in [0.2, 0.25) is 5.91 Å². The number of hydrogen-bond acceptors (Lipinski definition) is 2. The van der Waals surface area contributed by atoms with Crippen LogP contribution in [0.5, 0.6) is 5.75 Å². The summed E-state index contributed by atoms with van der Waals surface area (Å²) in [6, 6.07) is 8.34. The Labute approximate surface area is 141 Å². The van der Waals surface area contributed by atoms with E-state index in [0.717, 1.165) is 18.2 Å². The lowest BCUT2D eigenvalue weighted by Crippen LogP contribution is -2.25. The average Bonchev–Trinajstić information content (AvgIpc) is 2.53. The Bertz CT molecular complexity index is 777. The van der Waals surface area contributed by atoms with Gasteiger partial charge in [0.15, 0.2) is 0 Å². The van der Waals surface area contributed by atoms with E-state index in [1.54, 1.807) is 6.07 Å². The summed E-state index contributed by atoms with van der Waals surface area (Å²) in [5, 5.41) is 2.51. The number of alkyl halides is 2. The van der Waals surface area contributed by atoms with Crippen LogP contribution in [-0.4, -0.2) is 12.5 Å². The first-order valence-electron chi connectivity index (χ1n) is 7.34. The Morgan fingerprint density at radius 3 is 2.56 bits per heavy atom. The second-order valence-corrected chi connectivity index (χ2v) is 5.15. The van der Waals surface area contributed by atoms with Crippen molar-refractivity contribution in [3.8, 4) is 5.75 Å². The SMILES string of the molecule is CC(NC(=O)/C=C/c1ccccc1OC(F)F)c1ccc(F)cc1F. The predicted molar refractivity (Wildman–Crippen MR) is 85.0 cm³/mol. The number of ether oxygens (including phenoxy) is 1. The van der Waals surface area contributed by atoms with E-state index in [2.05, 4.69) is 10.1 Å². The molecule has 132 valence electrons. The molecule has 0 aromatic heterocycles. The molecule has 1 amide bonds. The summed E-state index contributed by atoms with van der Waals surface area (Å²) in [4.78, 5) is 11.9. The normalized spacial score (nSPS) is 12.4. The summed E-state index contributed by atoms with van der Waals surface area (Å²) in [6.45, 7) is -1.44. The van der Waals surface area contributed by atoms with Crippen molar-refractivity contribution in [3.05, 3.63) is 71.3 Å². The summed E-state index contributed by atoms with van der Waals surface area (Å²) in [5.74, 6) is -2.12. The summed E-state index contributed by atoms with van der Waals surface area (Å²) >= 11 is 0. The molecule has 0 bridgehead atoms. The number of amides is 1. The summed E-state index contributed by atoms with van der Waals surface area (Å²) in [7, 11) is 0. The summed E-state index contributed by atoms with van der Waals surface area (Å²) in [5.41, 5.74) is 0.420. The van der Waals surface area contributed by atoms with Gasteiger partial charge in [-0.1, -0.05) is 24.3 Å². The lowest BCUT2D eigenvalue weighted by Gasteiger charge is -2.14. The highest BCUT2D eigenvalue weighted by molar-refractivity contribution is 5.92. The average molecular weight is 353 g/mol. The molecule has 25 heavy (non-hydrogen) atoms. The fourth-order valence-electron chi connectivity index (χ4n) is 2.18. The highest BCUT2D eigenvalue weighted by Crippen LogP contribution is 2.22. The third kappa shape index (κ3) is 5.34. The molecule has 7 heteroatoms. The molecule has 2 aromatic rings. The van der Waals surface area contributed by atoms with E-state index in [9.17, 15) is 22.4 Å². The van der Waals surface area contributed by atoms with Crippen molar-refractivity contribution in [2.75, 3.05) is 0 Å². The van der Waals surface area contributed by atoms with Gasteiger partial charge in [-0.3, -0.25) is 4.79 Å². The molecular weight excluding hydrogens is 338 g/mol. The van der Waals surface area contributed by atoms with Crippen LogP contribution in [0.1, 0.15) is 24.1 Å². The van der Waals surface area contributed by atoms with E-state index < -0.39 is 30.2 Å². The number of para-hydroxylation sites is 1. The van der Waals surface area contributed by atoms with Gasteiger partial charge in [-0.05, 0) is 25.1 Å². The molecule has 0 saturated carbocycles. The molecule has 0 radical (unpaired) electrons. The minimum Gasteiger partial charge on any atom is -0.434 e. The van der Waals surface area contributed by atoms with E-state index in [1.807, 2.05) is 0 Å². The monoisotopic (exact) mass is 353 g/mol.